The van der Waals surface area contributed by atoms with Crippen molar-refractivity contribution in [3.8, 4) is 17.4 Å². The molecular formula is C16H12BrNO2. The van der Waals surface area contributed by atoms with E-state index in [1.807, 2.05) is 48.5 Å². The fourth-order valence-electron chi connectivity index (χ4n) is 1.96. The Morgan fingerprint density at radius 1 is 1.05 bits per heavy atom. The number of fused-ring (bicyclic) bond motifs is 1. The van der Waals surface area contributed by atoms with E-state index in [0.29, 0.717) is 5.88 Å². The van der Waals surface area contributed by atoms with Crippen LogP contribution in [0.25, 0.3) is 10.8 Å². The summed E-state index contributed by atoms with van der Waals surface area (Å²) in [5, 5.41) is 1.98. The maximum absolute atomic E-state index is 5.91. The largest absolute Gasteiger partial charge is 0.497 e. The lowest BCUT2D eigenvalue weighted by Crippen LogP contribution is -1.91. The number of methoxy groups -OCH3 is 1. The highest BCUT2D eigenvalue weighted by Gasteiger charge is 2.08. The van der Waals surface area contributed by atoms with E-state index in [1.165, 1.54) is 0 Å². The summed E-state index contributed by atoms with van der Waals surface area (Å²) < 4.78 is 12.1. The molecule has 0 saturated heterocycles. The predicted octanol–water partition coefficient (Wildman–Crippen LogP) is 4.80. The van der Waals surface area contributed by atoms with Crippen molar-refractivity contribution in [2.24, 2.45) is 0 Å². The number of hydrogen-bond acceptors (Lipinski definition) is 3. The molecule has 100 valence electrons. The zero-order chi connectivity index (χ0) is 13.9. The van der Waals surface area contributed by atoms with E-state index in [1.54, 1.807) is 13.3 Å². The van der Waals surface area contributed by atoms with E-state index < -0.39 is 0 Å². The molecule has 2 aromatic carbocycles. The van der Waals surface area contributed by atoms with Crippen LogP contribution in [-0.2, 0) is 0 Å². The smallest absolute Gasteiger partial charge is 0.227 e. The average Bonchev–Trinajstić information content (AvgIpc) is 2.49. The zero-order valence-electron chi connectivity index (χ0n) is 10.8. The van der Waals surface area contributed by atoms with Crippen molar-refractivity contribution in [1.29, 1.82) is 0 Å². The van der Waals surface area contributed by atoms with Gasteiger partial charge in [-0.25, -0.2) is 4.98 Å². The lowest BCUT2D eigenvalue weighted by atomic mass is 10.1. The number of pyridine rings is 1. The number of hydrogen-bond donors (Lipinski definition) is 0. The molecule has 0 aliphatic carbocycles. The van der Waals surface area contributed by atoms with Gasteiger partial charge in [0.05, 0.1) is 11.6 Å². The molecule has 0 N–H and O–H groups in total. The second-order valence-corrected chi connectivity index (χ2v) is 5.09. The normalized spacial score (nSPS) is 10.5. The first-order valence-corrected chi connectivity index (χ1v) is 6.92. The lowest BCUT2D eigenvalue weighted by Gasteiger charge is -2.10. The Morgan fingerprint density at radius 3 is 2.70 bits per heavy atom. The number of aromatic nitrogens is 1. The van der Waals surface area contributed by atoms with Gasteiger partial charge in [-0.15, -0.1) is 0 Å². The van der Waals surface area contributed by atoms with Crippen molar-refractivity contribution in [2.75, 3.05) is 7.11 Å². The Labute approximate surface area is 125 Å². The van der Waals surface area contributed by atoms with Gasteiger partial charge in [0.1, 0.15) is 11.5 Å². The van der Waals surface area contributed by atoms with Gasteiger partial charge >= 0.3 is 0 Å². The van der Waals surface area contributed by atoms with Crippen LogP contribution < -0.4 is 9.47 Å². The molecule has 0 unspecified atom stereocenters. The first-order chi connectivity index (χ1) is 9.78. The molecule has 0 atom stereocenters. The average molecular weight is 330 g/mol. The zero-order valence-corrected chi connectivity index (χ0v) is 12.4. The molecule has 0 bridgehead atoms. The third kappa shape index (κ3) is 2.47. The summed E-state index contributed by atoms with van der Waals surface area (Å²) >= 11 is 3.47. The number of nitrogens with zero attached hydrogens (tertiary/aromatic N) is 1. The van der Waals surface area contributed by atoms with Crippen molar-refractivity contribution in [3.63, 3.8) is 0 Å². The maximum atomic E-state index is 5.91. The molecule has 1 heterocycles. The minimum Gasteiger partial charge on any atom is -0.497 e. The number of rotatable bonds is 3. The van der Waals surface area contributed by atoms with Crippen LogP contribution in [0.1, 0.15) is 0 Å². The van der Waals surface area contributed by atoms with Gasteiger partial charge in [0, 0.05) is 11.6 Å². The topological polar surface area (TPSA) is 31.4 Å². The highest BCUT2D eigenvalue weighted by atomic mass is 79.9. The molecule has 0 aliphatic heterocycles. The van der Waals surface area contributed by atoms with Gasteiger partial charge in [-0.3, -0.25) is 0 Å². The second-order valence-electron chi connectivity index (χ2n) is 4.24. The Hall–Kier alpha value is -2.07. The van der Waals surface area contributed by atoms with Crippen molar-refractivity contribution < 1.29 is 9.47 Å². The molecule has 0 amide bonds. The van der Waals surface area contributed by atoms with Gasteiger partial charge in [0.25, 0.3) is 0 Å². The maximum Gasteiger partial charge on any atom is 0.227 e. The molecule has 4 heteroatoms. The molecule has 3 aromatic rings. The Balaban J connectivity index is 2.09. The predicted molar refractivity (Wildman–Crippen MR) is 82.5 cm³/mol. The second kappa shape index (κ2) is 5.51. The lowest BCUT2D eigenvalue weighted by molar-refractivity contribution is 0.415. The minimum absolute atomic E-state index is 0.563. The molecule has 1 aromatic heterocycles. The van der Waals surface area contributed by atoms with Gasteiger partial charge in [-0.05, 0) is 51.6 Å². The minimum atomic E-state index is 0.563. The van der Waals surface area contributed by atoms with Gasteiger partial charge < -0.3 is 9.47 Å². The van der Waals surface area contributed by atoms with E-state index in [4.69, 9.17) is 9.47 Å². The molecule has 0 radical (unpaired) electrons. The van der Waals surface area contributed by atoms with Crippen LogP contribution in [-0.4, -0.2) is 12.1 Å². The first-order valence-electron chi connectivity index (χ1n) is 6.13. The first kappa shape index (κ1) is 12.9. The van der Waals surface area contributed by atoms with Crippen LogP contribution in [0.5, 0.6) is 17.4 Å². The quantitative estimate of drug-likeness (QED) is 0.691. The molecule has 0 aliphatic rings. The Kier molecular flexibility index (Phi) is 3.56. The molecule has 0 fully saturated rings. The summed E-state index contributed by atoms with van der Waals surface area (Å²) in [6.45, 7) is 0. The van der Waals surface area contributed by atoms with E-state index in [-0.39, 0.29) is 0 Å². The van der Waals surface area contributed by atoms with Crippen molar-refractivity contribution in [1.82, 2.24) is 4.98 Å². The molecular weight excluding hydrogens is 318 g/mol. The summed E-state index contributed by atoms with van der Waals surface area (Å²) in [6.07, 6.45) is 1.74. The van der Waals surface area contributed by atoms with E-state index >= 15 is 0 Å². The molecule has 20 heavy (non-hydrogen) atoms. The number of ether oxygens (including phenoxy) is 2. The van der Waals surface area contributed by atoms with Crippen molar-refractivity contribution in [2.45, 2.75) is 0 Å². The standard InChI is InChI=1S/C16H12BrNO2/c1-19-12-7-6-11-8-9-18-16(13(11)10-12)20-15-5-3-2-4-14(15)17/h2-10H,1H3. The van der Waals surface area contributed by atoms with Crippen LogP contribution in [0, 0.1) is 0 Å². The van der Waals surface area contributed by atoms with Gasteiger partial charge in [-0.1, -0.05) is 18.2 Å². The summed E-state index contributed by atoms with van der Waals surface area (Å²) in [7, 11) is 1.64. The van der Waals surface area contributed by atoms with Crippen LogP contribution in [0.15, 0.2) is 59.2 Å². The van der Waals surface area contributed by atoms with Crippen molar-refractivity contribution in [3.05, 3.63) is 59.2 Å². The molecule has 0 saturated carbocycles. The summed E-state index contributed by atoms with van der Waals surface area (Å²) in [6, 6.07) is 15.5. The summed E-state index contributed by atoms with van der Waals surface area (Å²) in [5.41, 5.74) is 0. The highest BCUT2D eigenvalue weighted by molar-refractivity contribution is 9.10. The van der Waals surface area contributed by atoms with Crippen molar-refractivity contribution >= 4 is 26.7 Å². The van der Waals surface area contributed by atoms with Gasteiger partial charge in [-0.2, -0.15) is 0 Å². The third-order valence-corrected chi connectivity index (χ3v) is 3.64. The number of benzene rings is 2. The van der Waals surface area contributed by atoms with Crippen LogP contribution >= 0.6 is 15.9 Å². The molecule has 0 spiro atoms. The highest BCUT2D eigenvalue weighted by Crippen LogP contribution is 2.33. The van der Waals surface area contributed by atoms with E-state index in [2.05, 4.69) is 20.9 Å². The van der Waals surface area contributed by atoms with Crippen LogP contribution in [0.3, 0.4) is 0 Å². The Bertz CT molecular complexity index is 758. The Morgan fingerprint density at radius 2 is 1.90 bits per heavy atom. The summed E-state index contributed by atoms with van der Waals surface area (Å²) in [4.78, 5) is 4.32. The molecule has 3 rings (SSSR count). The molecule has 3 nitrogen and oxygen atoms in total. The van der Waals surface area contributed by atoms with Crippen LogP contribution in [0.4, 0.5) is 0 Å². The fraction of sp³-hybridized carbons (Fsp3) is 0.0625. The van der Waals surface area contributed by atoms with Gasteiger partial charge in [0.15, 0.2) is 0 Å². The number of halogens is 1. The monoisotopic (exact) mass is 329 g/mol. The SMILES string of the molecule is COc1ccc2ccnc(Oc3ccccc3Br)c2c1. The number of para-hydroxylation sites is 1. The fourth-order valence-corrected chi connectivity index (χ4v) is 2.33. The van der Waals surface area contributed by atoms with Gasteiger partial charge in [0.2, 0.25) is 5.88 Å². The van der Waals surface area contributed by atoms with Crippen LogP contribution in [0.2, 0.25) is 0 Å². The van der Waals surface area contributed by atoms with E-state index in [9.17, 15) is 0 Å². The summed E-state index contributed by atoms with van der Waals surface area (Å²) in [5.74, 6) is 2.08. The third-order valence-electron chi connectivity index (χ3n) is 2.98. The van der Waals surface area contributed by atoms with E-state index in [0.717, 1.165) is 26.7 Å².